The molecule has 2 rings (SSSR count). The summed E-state index contributed by atoms with van der Waals surface area (Å²) >= 11 is 0. The molecule has 0 aliphatic carbocycles. The summed E-state index contributed by atoms with van der Waals surface area (Å²) in [6, 6.07) is 2.86. The molecule has 228 valence electrons. The van der Waals surface area contributed by atoms with Gasteiger partial charge in [0.15, 0.2) is 0 Å². The number of carbonyl (C=O) groups excluding carboxylic acids is 6. The quantitative estimate of drug-likeness (QED) is 0.141. The molecular weight excluding hydrogens is 550 g/mol. The molecule has 14 nitrogen and oxygen atoms in total. The van der Waals surface area contributed by atoms with E-state index in [4.69, 9.17) is 10.2 Å². The van der Waals surface area contributed by atoms with Gasteiger partial charge in [0, 0.05) is 37.2 Å². The average molecular weight is 588 g/mol. The Bertz CT molecular complexity index is 1190. The van der Waals surface area contributed by atoms with Crippen LogP contribution >= 0.6 is 0 Å². The minimum atomic E-state index is -1.23. The Balaban J connectivity index is 2.00. The van der Waals surface area contributed by atoms with Crippen molar-refractivity contribution in [3.8, 4) is 0 Å². The largest absolute Gasteiger partial charge is 0.481 e. The molecule has 1 aliphatic heterocycles. The standard InChI is InChI=1S/C28H37N5O9/c1-16(2)14-21(31-22(35)12-13-33-23(36)9-10-24(33)37)28(42)29-17(3)26(40)32-20(8-11-25(38)39)27(41)30-19-6-4-18(15-34)5-7-19/h4-7,9-10,16-17,20-21,34H,8,11-15H2,1-3H3,(H,29,42)(H,30,41)(H,31,35)(H,32,40)(H,38,39). The number of hydrogen-bond acceptors (Lipinski definition) is 8. The number of aliphatic hydroxyl groups excluding tert-OH is 1. The van der Waals surface area contributed by atoms with Crippen LogP contribution in [0.2, 0.25) is 0 Å². The zero-order chi connectivity index (χ0) is 31.4. The van der Waals surface area contributed by atoms with Gasteiger partial charge in [0.05, 0.1) is 6.61 Å². The molecule has 6 N–H and O–H groups in total. The fourth-order valence-corrected chi connectivity index (χ4v) is 3.97. The van der Waals surface area contributed by atoms with Gasteiger partial charge >= 0.3 is 5.97 Å². The molecule has 3 atom stereocenters. The van der Waals surface area contributed by atoms with Gasteiger partial charge in [0.25, 0.3) is 11.8 Å². The molecule has 0 aromatic heterocycles. The number of anilines is 1. The number of rotatable bonds is 16. The summed E-state index contributed by atoms with van der Waals surface area (Å²) in [6.07, 6.45) is 1.59. The predicted octanol–water partition coefficient (Wildman–Crippen LogP) is -0.182. The number of hydrogen-bond donors (Lipinski definition) is 6. The van der Waals surface area contributed by atoms with E-state index >= 15 is 0 Å². The van der Waals surface area contributed by atoms with Crippen molar-refractivity contribution in [1.82, 2.24) is 20.9 Å². The van der Waals surface area contributed by atoms with Gasteiger partial charge in [0.1, 0.15) is 18.1 Å². The maximum absolute atomic E-state index is 13.0. The summed E-state index contributed by atoms with van der Waals surface area (Å²) in [5.41, 5.74) is 0.990. The number of carbonyl (C=O) groups is 7. The number of benzene rings is 1. The Morgan fingerprint density at radius 1 is 0.810 bits per heavy atom. The second-order valence-corrected chi connectivity index (χ2v) is 10.2. The molecule has 0 saturated carbocycles. The predicted molar refractivity (Wildman–Crippen MR) is 149 cm³/mol. The highest BCUT2D eigenvalue weighted by Gasteiger charge is 2.29. The monoisotopic (exact) mass is 587 g/mol. The molecular formula is C28H37N5O9. The van der Waals surface area contributed by atoms with Gasteiger partial charge in [-0.05, 0) is 43.4 Å². The second kappa shape index (κ2) is 16.0. The molecule has 42 heavy (non-hydrogen) atoms. The summed E-state index contributed by atoms with van der Waals surface area (Å²) in [6.45, 7) is 4.70. The fourth-order valence-electron chi connectivity index (χ4n) is 3.97. The topological polar surface area (TPSA) is 211 Å². The van der Waals surface area contributed by atoms with E-state index in [-0.39, 0.29) is 38.3 Å². The van der Waals surface area contributed by atoms with Crippen molar-refractivity contribution in [3.63, 3.8) is 0 Å². The first kappa shape index (κ1) is 33.6. The lowest BCUT2D eigenvalue weighted by molar-refractivity contribution is -0.139. The highest BCUT2D eigenvalue weighted by atomic mass is 16.4. The minimum Gasteiger partial charge on any atom is -0.481 e. The van der Waals surface area contributed by atoms with Gasteiger partial charge < -0.3 is 31.5 Å². The van der Waals surface area contributed by atoms with E-state index in [0.29, 0.717) is 11.3 Å². The van der Waals surface area contributed by atoms with E-state index in [0.717, 1.165) is 17.1 Å². The number of carboxylic acid groups (broad SMARTS) is 1. The number of carboxylic acids is 1. The van der Waals surface area contributed by atoms with Crippen LogP contribution in [-0.2, 0) is 40.2 Å². The summed E-state index contributed by atoms with van der Waals surface area (Å²) < 4.78 is 0. The van der Waals surface area contributed by atoms with Crippen molar-refractivity contribution >= 4 is 47.1 Å². The molecule has 1 aromatic rings. The van der Waals surface area contributed by atoms with Gasteiger partial charge in [0.2, 0.25) is 23.6 Å². The Morgan fingerprint density at radius 3 is 1.98 bits per heavy atom. The van der Waals surface area contributed by atoms with E-state index in [1.54, 1.807) is 24.3 Å². The van der Waals surface area contributed by atoms with Gasteiger partial charge in [-0.2, -0.15) is 0 Å². The number of nitrogens with one attached hydrogen (secondary N) is 4. The zero-order valence-corrected chi connectivity index (χ0v) is 23.7. The van der Waals surface area contributed by atoms with Crippen molar-refractivity contribution in [2.75, 3.05) is 11.9 Å². The van der Waals surface area contributed by atoms with Gasteiger partial charge in [-0.1, -0.05) is 26.0 Å². The van der Waals surface area contributed by atoms with Crippen LogP contribution in [-0.4, -0.2) is 81.2 Å². The van der Waals surface area contributed by atoms with Crippen LogP contribution in [0.3, 0.4) is 0 Å². The lowest BCUT2D eigenvalue weighted by Crippen LogP contribution is -2.55. The zero-order valence-electron chi connectivity index (χ0n) is 23.7. The lowest BCUT2D eigenvalue weighted by Gasteiger charge is -2.24. The molecule has 0 saturated heterocycles. The Labute approximate surface area is 242 Å². The van der Waals surface area contributed by atoms with E-state index < -0.39 is 66.0 Å². The molecule has 1 aromatic carbocycles. The van der Waals surface area contributed by atoms with E-state index in [1.807, 2.05) is 13.8 Å². The van der Waals surface area contributed by atoms with Crippen LogP contribution in [0.1, 0.15) is 52.0 Å². The molecule has 1 heterocycles. The Kier molecular flexibility index (Phi) is 12.8. The summed E-state index contributed by atoms with van der Waals surface area (Å²) in [4.78, 5) is 86.7. The number of amides is 6. The third kappa shape index (κ3) is 10.8. The van der Waals surface area contributed by atoms with Crippen LogP contribution in [0, 0.1) is 5.92 Å². The molecule has 0 radical (unpaired) electrons. The molecule has 0 fully saturated rings. The number of nitrogens with zero attached hydrogens (tertiary/aromatic N) is 1. The maximum Gasteiger partial charge on any atom is 0.303 e. The normalized spacial score (nSPS) is 14.7. The number of aliphatic carboxylic acids is 1. The molecule has 0 spiro atoms. The maximum atomic E-state index is 13.0. The van der Waals surface area contributed by atoms with Crippen molar-refractivity contribution in [1.29, 1.82) is 0 Å². The van der Waals surface area contributed by atoms with Crippen LogP contribution in [0.5, 0.6) is 0 Å². The number of imide groups is 1. The fraction of sp³-hybridized carbons (Fsp3) is 0.464. The van der Waals surface area contributed by atoms with E-state index in [1.165, 1.54) is 6.92 Å². The number of aliphatic hydroxyl groups is 1. The molecule has 0 bridgehead atoms. The first-order valence-corrected chi connectivity index (χ1v) is 13.5. The molecule has 14 heteroatoms. The van der Waals surface area contributed by atoms with Crippen molar-refractivity contribution < 1.29 is 43.8 Å². The Hall–Kier alpha value is -4.59. The molecule has 3 unspecified atom stereocenters. The lowest BCUT2D eigenvalue weighted by atomic mass is 10.0. The van der Waals surface area contributed by atoms with Crippen LogP contribution in [0.15, 0.2) is 36.4 Å². The van der Waals surface area contributed by atoms with E-state index in [2.05, 4.69) is 21.3 Å². The van der Waals surface area contributed by atoms with Crippen molar-refractivity contribution in [3.05, 3.63) is 42.0 Å². The second-order valence-electron chi connectivity index (χ2n) is 10.2. The van der Waals surface area contributed by atoms with E-state index in [9.17, 15) is 33.6 Å². The van der Waals surface area contributed by atoms with Gasteiger partial charge in [-0.15, -0.1) is 0 Å². The SMILES string of the molecule is CC(C)CC(NC(=O)CCN1C(=O)C=CC1=O)C(=O)NC(C)C(=O)NC(CCC(=O)O)C(=O)Nc1ccc(CO)cc1. The smallest absolute Gasteiger partial charge is 0.303 e. The van der Waals surface area contributed by atoms with Crippen LogP contribution < -0.4 is 21.3 Å². The summed E-state index contributed by atoms with van der Waals surface area (Å²) in [5.74, 6) is -4.90. The van der Waals surface area contributed by atoms with Gasteiger partial charge in [-0.3, -0.25) is 38.5 Å². The first-order valence-electron chi connectivity index (χ1n) is 13.5. The minimum absolute atomic E-state index is 0.0216. The third-order valence-electron chi connectivity index (χ3n) is 6.26. The molecule has 1 aliphatic rings. The Morgan fingerprint density at radius 2 is 1.43 bits per heavy atom. The molecule has 6 amide bonds. The summed E-state index contributed by atoms with van der Waals surface area (Å²) in [5, 5.41) is 28.4. The third-order valence-corrected chi connectivity index (χ3v) is 6.26. The summed E-state index contributed by atoms with van der Waals surface area (Å²) in [7, 11) is 0. The highest BCUT2D eigenvalue weighted by Crippen LogP contribution is 2.12. The highest BCUT2D eigenvalue weighted by molar-refractivity contribution is 6.13. The van der Waals surface area contributed by atoms with Crippen LogP contribution in [0.25, 0.3) is 0 Å². The first-order chi connectivity index (χ1) is 19.8. The van der Waals surface area contributed by atoms with Crippen LogP contribution in [0.4, 0.5) is 5.69 Å². The van der Waals surface area contributed by atoms with Crippen molar-refractivity contribution in [2.45, 2.75) is 71.2 Å². The van der Waals surface area contributed by atoms with Crippen molar-refractivity contribution in [2.24, 2.45) is 5.92 Å². The average Bonchev–Trinajstić information content (AvgIpc) is 3.25. The van der Waals surface area contributed by atoms with Gasteiger partial charge in [-0.25, -0.2) is 0 Å².